The summed E-state index contributed by atoms with van der Waals surface area (Å²) < 4.78 is 0. The number of fused-ring (bicyclic) bond motifs is 1. The third-order valence-corrected chi connectivity index (χ3v) is 3.72. The maximum Gasteiger partial charge on any atom is 0.0722 e. The minimum atomic E-state index is 0.588. The van der Waals surface area contributed by atoms with Crippen LogP contribution in [0.1, 0.15) is 11.1 Å². The van der Waals surface area contributed by atoms with Gasteiger partial charge in [-0.15, -0.1) is 0 Å². The Bertz CT molecular complexity index is 730. The van der Waals surface area contributed by atoms with E-state index in [0.717, 1.165) is 17.6 Å². The van der Waals surface area contributed by atoms with Gasteiger partial charge >= 0.3 is 0 Å². The van der Waals surface area contributed by atoms with Crippen LogP contribution in [0.3, 0.4) is 0 Å². The molecular weight excluding hydrogens is 258 g/mol. The normalized spacial score (nSPS) is 10.8. The van der Waals surface area contributed by atoms with Crippen molar-refractivity contribution in [2.45, 2.75) is 13.1 Å². The van der Waals surface area contributed by atoms with Crippen molar-refractivity contribution in [1.29, 1.82) is 0 Å². The Morgan fingerprint density at radius 3 is 2.43 bits per heavy atom. The van der Waals surface area contributed by atoms with Crippen LogP contribution in [0.2, 0.25) is 0 Å². The fourth-order valence-corrected chi connectivity index (χ4v) is 2.55. The monoisotopic (exact) mass is 277 g/mol. The zero-order valence-electron chi connectivity index (χ0n) is 12.2. The molecule has 0 amide bonds. The summed E-state index contributed by atoms with van der Waals surface area (Å²) >= 11 is 0. The van der Waals surface area contributed by atoms with Crippen LogP contribution in [0, 0.1) is 0 Å². The summed E-state index contributed by atoms with van der Waals surface area (Å²) in [5.74, 6) is 0. The zero-order valence-corrected chi connectivity index (χ0v) is 12.2. The first-order valence-electron chi connectivity index (χ1n) is 7.10. The van der Waals surface area contributed by atoms with Crippen molar-refractivity contribution in [3.63, 3.8) is 0 Å². The Labute approximate surface area is 125 Å². The van der Waals surface area contributed by atoms with Gasteiger partial charge in [-0.1, -0.05) is 42.5 Å². The predicted molar refractivity (Wildman–Crippen MR) is 88.2 cm³/mol. The van der Waals surface area contributed by atoms with Gasteiger partial charge < -0.3 is 10.6 Å². The standard InChI is InChI=1S/C18H19N3/c1-21(13-15-8-6-14(12-19)7-9-15)18-10-11-20-17-5-3-2-4-16(17)18/h2-11H,12-13,19H2,1H3. The molecule has 0 atom stereocenters. The summed E-state index contributed by atoms with van der Waals surface area (Å²) in [6, 6.07) is 18.8. The molecule has 3 rings (SSSR count). The Morgan fingerprint density at radius 2 is 1.67 bits per heavy atom. The highest BCUT2D eigenvalue weighted by Crippen LogP contribution is 2.25. The van der Waals surface area contributed by atoms with Crippen molar-refractivity contribution in [3.8, 4) is 0 Å². The zero-order chi connectivity index (χ0) is 14.7. The van der Waals surface area contributed by atoms with E-state index < -0.39 is 0 Å². The molecule has 2 N–H and O–H groups in total. The van der Waals surface area contributed by atoms with E-state index in [1.807, 2.05) is 18.3 Å². The summed E-state index contributed by atoms with van der Waals surface area (Å²) in [5, 5.41) is 1.18. The van der Waals surface area contributed by atoms with Crippen LogP contribution in [0.4, 0.5) is 5.69 Å². The van der Waals surface area contributed by atoms with Crippen LogP contribution in [-0.2, 0) is 13.1 Å². The largest absolute Gasteiger partial charge is 0.370 e. The fourth-order valence-electron chi connectivity index (χ4n) is 2.55. The van der Waals surface area contributed by atoms with Gasteiger partial charge in [0.05, 0.1) is 5.52 Å². The molecule has 0 saturated heterocycles. The van der Waals surface area contributed by atoms with Gasteiger partial charge in [0.1, 0.15) is 0 Å². The van der Waals surface area contributed by atoms with Crippen molar-refractivity contribution in [2.75, 3.05) is 11.9 Å². The van der Waals surface area contributed by atoms with E-state index in [9.17, 15) is 0 Å². The lowest BCUT2D eigenvalue weighted by Crippen LogP contribution is -2.16. The fraction of sp³-hybridized carbons (Fsp3) is 0.167. The van der Waals surface area contributed by atoms with E-state index in [1.54, 1.807) is 0 Å². The summed E-state index contributed by atoms with van der Waals surface area (Å²) in [4.78, 5) is 6.66. The molecule has 1 heterocycles. The number of para-hydroxylation sites is 1. The Balaban J connectivity index is 1.88. The number of benzene rings is 2. The predicted octanol–water partition coefficient (Wildman–Crippen LogP) is 3.33. The van der Waals surface area contributed by atoms with Gasteiger partial charge in [-0.2, -0.15) is 0 Å². The summed E-state index contributed by atoms with van der Waals surface area (Å²) in [6.45, 7) is 1.45. The number of aromatic nitrogens is 1. The van der Waals surface area contributed by atoms with Crippen molar-refractivity contribution >= 4 is 16.6 Å². The van der Waals surface area contributed by atoms with E-state index in [0.29, 0.717) is 6.54 Å². The molecule has 2 aromatic carbocycles. The van der Waals surface area contributed by atoms with E-state index in [4.69, 9.17) is 5.73 Å². The molecule has 3 aromatic rings. The Morgan fingerprint density at radius 1 is 0.952 bits per heavy atom. The number of rotatable bonds is 4. The number of pyridine rings is 1. The van der Waals surface area contributed by atoms with Gasteiger partial charge in [0.25, 0.3) is 0 Å². The Kier molecular flexibility index (Phi) is 3.84. The lowest BCUT2D eigenvalue weighted by Gasteiger charge is -2.21. The minimum Gasteiger partial charge on any atom is -0.370 e. The third-order valence-electron chi connectivity index (χ3n) is 3.72. The first kappa shape index (κ1) is 13.6. The first-order valence-corrected chi connectivity index (χ1v) is 7.10. The number of hydrogen-bond acceptors (Lipinski definition) is 3. The molecule has 0 aliphatic rings. The number of nitrogens with zero attached hydrogens (tertiary/aromatic N) is 2. The van der Waals surface area contributed by atoms with Gasteiger partial charge in [0.2, 0.25) is 0 Å². The second-order valence-corrected chi connectivity index (χ2v) is 5.22. The molecule has 0 saturated carbocycles. The van der Waals surface area contributed by atoms with Gasteiger partial charge in [0.15, 0.2) is 0 Å². The molecule has 0 fully saturated rings. The van der Waals surface area contributed by atoms with Crippen molar-refractivity contribution in [3.05, 3.63) is 71.9 Å². The molecule has 1 aromatic heterocycles. The molecular formula is C18H19N3. The van der Waals surface area contributed by atoms with Gasteiger partial charge in [-0.25, -0.2) is 0 Å². The number of anilines is 1. The third kappa shape index (κ3) is 2.88. The van der Waals surface area contributed by atoms with Gasteiger partial charge in [0, 0.05) is 37.4 Å². The van der Waals surface area contributed by atoms with Crippen LogP contribution >= 0.6 is 0 Å². The summed E-state index contributed by atoms with van der Waals surface area (Å²) in [7, 11) is 2.11. The second kappa shape index (κ2) is 5.94. The van der Waals surface area contributed by atoms with Crippen molar-refractivity contribution < 1.29 is 0 Å². The van der Waals surface area contributed by atoms with E-state index in [2.05, 4.69) is 59.4 Å². The van der Waals surface area contributed by atoms with Crippen LogP contribution in [-0.4, -0.2) is 12.0 Å². The van der Waals surface area contributed by atoms with Gasteiger partial charge in [-0.05, 0) is 23.3 Å². The van der Waals surface area contributed by atoms with E-state index in [1.165, 1.54) is 16.6 Å². The molecule has 21 heavy (non-hydrogen) atoms. The highest BCUT2D eigenvalue weighted by Gasteiger charge is 2.07. The van der Waals surface area contributed by atoms with Crippen molar-refractivity contribution in [2.24, 2.45) is 5.73 Å². The molecule has 0 aliphatic heterocycles. The molecule has 0 radical (unpaired) electrons. The molecule has 3 heteroatoms. The van der Waals surface area contributed by atoms with E-state index >= 15 is 0 Å². The maximum absolute atomic E-state index is 5.64. The summed E-state index contributed by atoms with van der Waals surface area (Å²) in [5.41, 5.74) is 10.3. The molecule has 0 unspecified atom stereocenters. The Hall–Kier alpha value is -2.39. The van der Waals surface area contributed by atoms with Crippen LogP contribution < -0.4 is 10.6 Å². The lowest BCUT2D eigenvalue weighted by molar-refractivity contribution is 0.924. The highest BCUT2D eigenvalue weighted by atomic mass is 15.1. The minimum absolute atomic E-state index is 0.588. The SMILES string of the molecule is CN(Cc1ccc(CN)cc1)c1ccnc2ccccc12. The maximum atomic E-state index is 5.64. The average molecular weight is 277 g/mol. The van der Waals surface area contributed by atoms with Crippen molar-refractivity contribution in [1.82, 2.24) is 4.98 Å². The quantitative estimate of drug-likeness (QED) is 0.795. The van der Waals surface area contributed by atoms with E-state index in [-0.39, 0.29) is 0 Å². The average Bonchev–Trinajstić information content (AvgIpc) is 2.55. The molecule has 0 spiro atoms. The van der Waals surface area contributed by atoms with Gasteiger partial charge in [-0.3, -0.25) is 4.98 Å². The highest BCUT2D eigenvalue weighted by molar-refractivity contribution is 5.91. The molecule has 0 aliphatic carbocycles. The van der Waals surface area contributed by atoms with Crippen LogP contribution in [0.15, 0.2) is 60.8 Å². The number of nitrogens with two attached hydrogens (primary N) is 1. The van der Waals surface area contributed by atoms with Crippen LogP contribution in [0.5, 0.6) is 0 Å². The first-order chi connectivity index (χ1) is 10.3. The van der Waals surface area contributed by atoms with Crippen LogP contribution in [0.25, 0.3) is 10.9 Å². The molecule has 106 valence electrons. The number of hydrogen-bond donors (Lipinski definition) is 1. The molecule has 3 nitrogen and oxygen atoms in total. The topological polar surface area (TPSA) is 42.1 Å². The second-order valence-electron chi connectivity index (χ2n) is 5.22. The smallest absolute Gasteiger partial charge is 0.0722 e. The summed E-state index contributed by atoms with van der Waals surface area (Å²) in [6.07, 6.45) is 1.87. The molecule has 0 bridgehead atoms. The lowest BCUT2D eigenvalue weighted by atomic mass is 10.1.